The second kappa shape index (κ2) is 9.96. The Morgan fingerprint density at radius 2 is 2.26 bits per heavy atom. The molecule has 1 saturated carbocycles. The molecule has 6 N–H and O–H groups in total. The predicted molar refractivity (Wildman–Crippen MR) is 98.1 cm³/mol. The van der Waals surface area contributed by atoms with Crippen molar-refractivity contribution in [1.82, 2.24) is 19.1 Å². The van der Waals surface area contributed by atoms with Gasteiger partial charge in [-0.2, -0.15) is 0 Å². The number of nitrogens with one attached hydrogen (secondary N) is 4. The molecule has 1 aliphatic carbocycles. The van der Waals surface area contributed by atoms with Gasteiger partial charge in [0.2, 0.25) is 0 Å². The van der Waals surface area contributed by atoms with Crippen molar-refractivity contribution in [1.29, 1.82) is 0 Å². The number of aliphatic imine (C=N–C) groups is 1. The van der Waals surface area contributed by atoms with Crippen molar-refractivity contribution < 1.29 is 9.59 Å². The van der Waals surface area contributed by atoms with Gasteiger partial charge in [-0.25, -0.2) is 0 Å². The van der Waals surface area contributed by atoms with Crippen LogP contribution in [0.15, 0.2) is 4.99 Å². The topological polar surface area (TPSA) is 121 Å². The molecule has 1 heterocycles. The van der Waals surface area contributed by atoms with Crippen LogP contribution in [0, 0.1) is 0 Å². The Bertz CT molecular complexity index is 460. The molecule has 0 bridgehead atoms. The number of hydrogen-bond acceptors (Lipinski definition) is 4. The Kier molecular flexibility index (Phi) is 8.29. The van der Waals surface area contributed by atoms with E-state index in [9.17, 15) is 9.59 Å². The van der Waals surface area contributed by atoms with E-state index in [0.717, 1.165) is 19.3 Å². The summed E-state index contributed by atoms with van der Waals surface area (Å²) in [7, 11) is 0. The number of halogens is 1. The van der Waals surface area contributed by atoms with Gasteiger partial charge in [0.1, 0.15) is 0 Å². The van der Waals surface area contributed by atoms with Crippen molar-refractivity contribution in [2.75, 3.05) is 13.1 Å². The summed E-state index contributed by atoms with van der Waals surface area (Å²) in [5, 5.41) is 8.94. The number of hydrogen-bond donors (Lipinski definition) is 5. The zero-order valence-corrected chi connectivity index (χ0v) is 18.9. The third-order valence-corrected chi connectivity index (χ3v) is 7.81. The van der Waals surface area contributed by atoms with E-state index in [2.05, 4.69) is 41.8 Å². The fourth-order valence-corrected chi connectivity index (χ4v) is 5.61. The molecule has 128 valence electrons. The monoisotopic (exact) mass is 630 g/mol. The number of carbonyl (C=O) groups is 2. The third kappa shape index (κ3) is 6.32. The number of carbonyl (C=O) groups excluding carboxylic acids is 2. The number of rotatable bonds is 7. The summed E-state index contributed by atoms with van der Waals surface area (Å²) in [4.78, 5) is 28.4. The zero-order valence-electron chi connectivity index (χ0n) is 12.9. The first-order valence-electron chi connectivity index (χ1n) is 7.86. The van der Waals surface area contributed by atoms with Gasteiger partial charge in [-0.1, -0.05) is 0 Å². The van der Waals surface area contributed by atoms with Gasteiger partial charge in [0, 0.05) is 6.04 Å². The summed E-state index contributed by atoms with van der Waals surface area (Å²) in [5.41, 5.74) is 5.68. The van der Waals surface area contributed by atoms with E-state index in [-0.39, 0.29) is 17.9 Å². The van der Waals surface area contributed by atoms with Crippen LogP contribution < -0.4 is 24.8 Å². The first-order valence-corrected chi connectivity index (χ1v) is 20.7. The van der Waals surface area contributed by atoms with Gasteiger partial charge in [-0.05, 0) is 19.3 Å². The van der Waals surface area contributed by atoms with E-state index in [1.54, 1.807) is 0 Å². The van der Waals surface area contributed by atoms with E-state index in [1.807, 2.05) is 0 Å². The molecule has 1 saturated heterocycles. The molecule has 0 aromatic heterocycles. The van der Waals surface area contributed by atoms with Crippen molar-refractivity contribution in [2.45, 2.75) is 50.2 Å². The van der Waals surface area contributed by atoms with Gasteiger partial charge in [0.25, 0.3) is 0 Å². The van der Waals surface area contributed by atoms with Crippen LogP contribution in [-0.4, -0.2) is 69.2 Å². The van der Waals surface area contributed by atoms with Crippen molar-refractivity contribution >= 4 is 55.8 Å². The maximum atomic E-state index is 12.1. The Balaban J connectivity index is 1.66. The van der Waals surface area contributed by atoms with Gasteiger partial charge in [-0.3, -0.25) is 0 Å². The summed E-state index contributed by atoms with van der Waals surface area (Å²) in [6.45, 7) is 1.08. The van der Waals surface area contributed by atoms with Gasteiger partial charge < -0.3 is 0 Å². The molecule has 2 fully saturated rings. The van der Waals surface area contributed by atoms with Crippen LogP contribution in [0.25, 0.3) is 0 Å². The summed E-state index contributed by atoms with van der Waals surface area (Å²) in [6.07, 6.45) is 4.73. The van der Waals surface area contributed by atoms with Crippen LogP contribution >= 0.6 is 17.8 Å². The fourth-order valence-electron chi connectivity index (χ4n) is 2.50. The molecular formula is C13H23IN6O2Pb. The molecule has 2 rings (SSSR count). The van der Waals surface area contributed by atoms with Crippen LogP contribution in [-0.2, 0) is 9.59 Å². The fraction of sp³-hybridized carbons (Fsp3) is 0.769. The molecule has 0 spiro atoms. The molecule has 2 atom stereocenters. The molecule has 2 amide bonds. The average Bonchev–Trinajstić information content (AvgIpc) is 2.48. The summed E-state index contributed by atoms with van der Waals surface area (Å²) >= 11 is 1.55. The van der Waals surface area contributed by atoms with Gasteiger partial charge >= 0.3 is 133 Å². The van der Waals surface area contributed by atoms with E-state index in [1.165, 1.54) is 6.42 Å². The Morgan fingerprint density at radius 1 is 1.48 bits per heavy atom. The second-order valence-corrected chi connectivity index (χ2v) is 12.2. The molecule has 10 heteroatoms. The normalized spacial score (nSPS) is 25.4. The quantitative estimate of drug-likeness (QED) is 0.0795. The second-order valence-electron chi connectivity index (χ2n) is 5.79. The van der Waals surface area contributed by atoms with Crippen molar-refractivity contribution in [3.63, 3.8) is 0 Å². The van der Waals surface area contributed by atoms with Gasteiger partial charge in [0.15, 0.2) is 0 Å². The van der Waals surface area contributed by atoms with Crippen LogP contribution in [0.2, 0.25) is 0 Å². The van der Waals surface area contributed by atoms with Crippen LogP contribution in [0.3, 0.4) is 0 Å². The van der Waals surface area contributed by atoms with E-state index in [0.29, 0.717) is 31.5 Å². The predicted octanol–water partition coefficient (Wildman–Crippen LogP) is -1.23. The molecular weight excluding hydrogens is 606 g/mol. The molecule has 0 aromatic rings. The van der Waals surface area contributed by atoms with Gasteiger partial charge in [-0.15, -0.1) is 0 Å². The molecule has 2 unspecified atom stereocenters. The first kappa shape index (κ1) is 19.2. The molecule has 2 aliphatic rings. The summed E-state index contributed by atoms with van der Waals surface area (Å²) in [5.74, 6) is 0.321. The van der Waals surface area contributed by atoms with E-state index in [4.69, 9.17) is 5.73 Å². The number of amides is 2. The summed E-state index contributed by atoms with van der Waals surface area (Å²) < 4.78 is 3.11. The molecule has 2 radical (unpaired) electrons. The van der Waals surface area contributed by atoms with Crippen molar-refractivity contribution in [2.24, 2.45) is 10.7 Å². The van der Waals surface area contributed by atoms with Crippen LogP contribution in [0.1, 0.15) is 32.1 Å². The molecule has 8 nitrogen and oxygen atoms in total. The van der Waals surface area contributed by atoms with Crippen LogP contribution in [0.4, 0.5) is 0 Å². The number of nitrogens with two attached hydrogens (primary N) is 1. The molecule has 1 aliphatic heterocycles. The number of nitrogens with zero attached hydrogens (tertiary/aromatic N) is 1. The van der Waals surface area contributed by atoms with Crippen molar-refractivity contribution in [3.05, 3.63) is 0 Å². The number of guanidine groups is 1. The minimum atomic E-state index is -0.796. The van der Waals surface area contributed by atoms with Crippen molar-refractivity contribution in [3.8, 4) is 0 Å². The molecule has 0 aromatic carbocycles. The van der Waals surface area contributed by atoms with Gasteiger partial charge in [0.05, 0.1) is 0 Å². The Labute approximate surface area is 157 Å². The Hall–Kier alpha value is -0.178. The van der Waals surface area contributed by atoms with E-state index < -0.39 is 26.3 Å². The molecule has 23 heavy (non-hydrogen) atoms. The minimum absolute atomic E-state index is 0.0814. The first-order chi connectivity index (χ1) is 11.1. The zero-order chi connectivity index (χ0) is 16.7. The summed E-state index contributed by atoms with van der Waals surface area (Å²) in [6, 6.07) is -0.427. The maximum absolute atomic E-state index is 12.1. The number of piperazine rings is 1. The van der Waals surface area contributed by atoms with E-state index >= 15 is 0 Å². The Morgan fingerprint density at radius 3 is 2.87 bits per heavy atom. The third-order valence-electron chi connectivity index (χ3n) is 4.08. The van der Waals surface area contributed by atoms with Crippen LogP contribution in [0.5, 0.6) is 0 Å². The SMILES string of the molecule is NC(=NCCCC1NCC(C(=O)NC2CCC2)NC1=O)[NH][Pb][I]. The standard InChI is InChI=1S/C13H24N6O2.HI.Pb/c14-13(15)16-6-2-5-9-11(20)19-10(7-17-9)12(21)18-8-3-1-4-8;;/h8-10,17H,1-7H2,(H6,14,15,16,18,19,20,21);1H;/q;;+2/p-2. The average molecular weight is 629 g/mol.